The zero-order valence-electron chi connectivity index (χ0n) is 13.9. The zero-order chi connectivity index (χ0) is 19.8. The van der Waals surface area contributed by atoms with Crippen molar-refractivity contribution in [3.05, 3.63) is 57.5 Å². The predicted molar refractivity (Wildman–Crippen MR) is 105 cm³/mol. The van der Waals surface area contributed by atoms with Gasteiger partial charge in [0.2, 0.25) is 5.91 Å². The van der Waals surface area contributed by atoms with Crippen molar-refractivity contribution in [3.63, 3.8) is 0 Å². The molecule has 2 aromatic carbocycles. The van der Waals surface area contributed by atoms with Gasteiger partial charge in [0.05, 0.1) is 16.5 Å². The topological polar surface area (TPSA) is 84.5 Å². The van der Waals surface area contributed by atoms with E-state index in [1.807, 2.05) is 0 Å². The lowest BCUT2D eigenvalue weighted by molar-refractivity contribution is -0.147. The molecule has 6 nitrogen and oxygen atoms in total. The summed E-state index contributed by atoms with van der Waals surface area (Å²) in [5, 5.41) is 6.26. The van der Waals surface area contributed by atoms with E-state index in [0.717, 1.165) is 0 Å². The Labute approximate surface area is 170 Å². The minimum absolute atomic E-state index is 0.0836. The van der Waals surface area contributed by atoms with Crippen molar-refractivity contribution >= 4 is 64.0 Å². The Bertz CT molecular complexity index is 858. The van der Waals surface area contributed by atoms with Gasteiger partial charge in [-0.3, -0.25) is 14.4 Å². The van der Waals surface area contributed by atoms with Crippen molar-refractivity contribution in [2.24, 2.45) is 0 Å². The fraction of sp³-hybridized carbons (Fsp3) is 0.167. The Morgan fingerprint density at radius 3 is 2.22 bits per heavy atom. The lowest BCUT2D eigenvalue weighted by atomic mass is 10.2. The molecule has 0 fully saturated rings. The number of ether oxygens (including phenoxy) is 1. The third-order valence-electron chi connectivity index (χ3n) is 3.23. The second-order valence-electron chi connectivity index (χ2n) is 5.40. The van der Waals surface area contributed by atoms with Crippen LogP contribution in [0, 0.1) is 0 Å². The highest BCUT2D eigenvalue weighted by molar-refractivity contribution is 6.42. The number of nitrogens with one attached hydrogen (secondary N) is 2. The molecule has 0 saturated carbocycles. The van der Waals surface area contributed by atoms with Gasteiger partial charge >= 0.3 is 5.97 Å². The molecule has 0 aliphatic rings. The molecule has 142 valence electrons. The Balaban J connectivity index is 1.69. The van der Waals surface area contributed by atoms with Crippen molar-refractivity contribution in [2.45, 2.75) is 12.8 Å². The van der Waals surface area contributed by atoms with Crippen LogP contribution in [0.4, 0.5) is 11.4 Å². The van der Waals surface area contributed by atoms with Gasteiger partial charge in [-0.15, -0.1) is 0 Å². The number of benzene rings is 2. The number of esters is 1. The monoisotopic (exact) mass is 428 g/mol. The highest BCUT2D eigenvalue weighted by Crippen LogP contribution is 2.24. The van der Waals surface area contributed by atoms with E-state index in [1.165, 1.54) is 12.1 Å². The van der Waals surface area contributed by atoms with Gasteiger partial charge in [0.25, 0.3) is 5.91 Å². The van der Waals surface area contributed by atoms with Gasteiger partial charge in [-0.05, 0) is 36.4 Å². The molecule has 2 rings (SSSR count). The molecule has 0 aliphatic heterocycles. The maximum atomic E-state index is 11.8. The first-order valence-corrected chi connectivity index (χ1v) is 8.93. The highest BCUT2D eigenvalue weighted by atomic mass is 35.5. The first kappa shape index (κ1) is 21.0. The van der Waals surface area contributed by atoms with Crippen LogP contribution in [0.1, 0.15) is 12.8 Å². The molecule has 0 heterocycles. The third kappa shape index (κ3) is 7.46. The van der Waals surface area contributed by atoms with E-state index in [-0.39, 0.29) is 23.8 Å². The first-order valence-electron chi connectivity index (χ1n) is 7.79. The summed E-state index contributed by atoms with van der Waals surface area (Å²) in [5.41, 5.74) is 0.952. The van der Waals surface area contributed by atoms with E-state index in [4.69, 9.17) is 39.5 Å². The molecule has 0 bridgehead atoms. The van der Waals surface area contributed by atoms with Gasteiger partial charge in [-0.1, -0.05) is 40.9 Å². The molecule has 0 saturated heterocycles. The van der Waals surface area contributed by atoms with Gasteiger partial charge < -0.3 is 15.4 Å². The fourth-order valence-corrected chi connectivity index (χ4v) is 2.48. The minimum Gasteiger partial charge on any atom is -0.456 e. The molecular weight excluding hydrogens is 415 g/mol. The van der Waals surface area contributed by atoms with Gasteiger partial charge in [0.15, 0.2) is 6.61 Å². The second-order valence-corrected chi connectivity index (χ2v) is 6.65. The Morgan fingerprint density at radius 2 is 1.52 bits per heavy atom. The van der Waals surface area contributed by atoms with Gasteiger partial charge in [0, 0.05) is 22.8 Å². The molecule has 27 heavy (non-hydrogen) atoms. The highest BCUT2D eigenvalue weighted by Gasteiger charge is 2.11. The first-order chi connectivity index (χ1) is 12.8. The van der Waals surface area contributed by atoms with Crippen molar-refractivity contribution in [1.29, 1.82) is 0 Å². The summed E-state index contributed by atoms with van der Waals surface area (Å²) < 4.78 is 4.84. The standard InChI is InChI=1S/C18H15Cl3N2O4/c19-11-2-1-3-12(8-11)22-16(24)6-7-18(26)27-10-17(25)23-13-4-5-14(20)15(21)9-13/h1-5,8-9H,6-7,10H2,(H,22,24)(H,23,25). The SMILES string of the molecule is O=C(CCC(=O)OCC(=O)Nc1ccc(Cl)c(Cl)c1)Nc1cccc(Cl)c1. The molecule has 0 aliphatic carbocycles. The summed E-state index contributed by atoms with van der Waals surface area (Å²) in [7, 11) is 0. The van der Waals surface area contributed by atoms with E-state index >= 15 is 0 Å². The second kappa shape index (κ2) is 10.2. The molecule has 2 aromatic rings. The third-order valence-corrected chi connectivity index (χ3v) is 4.21. The number of carbonyl (C=O) groups excluding carboxylic acids is 3. The smallest absolute Gasteiger partial charge is 0.306 e. The quantitative estimate of drug-likeness (QED) is 0.633. The van der Waals surface area contributed by atoms with E-state index in [9.17, 15) is 14.4 Å². The van der Waals surface area contributed by atoms with E-state index < -0.39 is 18.5 Å². The van der Waals surface area contributed by atoms with Crippen LogP contribution in [-0.4, -0.2) is 24.4 Å². The largest absolute Gasteiger partial charge is 0.456 e. The van der Waals surface area contributed by atoms with Crippen molar-refractivity contribution in [2.75, 3.05) is 17.2 Å². The van der Waals surface area contributed by atoms with Crippen molar-refractivity contribution < 1.29 is 19.1 Å². The molecule has 0 atom stereocenters. The van der Waals surface area contributed by atoms with Crippen LogP contribution in [0.25, 0.3) is 0 Å². The zero-order valence-corrected chi connectivity index (χ0v) is 16.2. The number of hydrogen-bond donors (Lipinski definition) is 2. The Hall–Kier alpha value is -2.28. The summed E-state index contributed by atoms with van der Waals surface area (Å²) >= 11 is 17.5. The lowest BCUT2D eigenvalue weighted by Gasteiger charge is -2.08. The van der Waals surface area contributed by atoms with Gasteiger partial charge in [0.1, 0.15) is 0 Å². The predicted octanol–water partition coefficient (Wildman–Crippen LogP) is 4.55. The van der Waals surface area contributed by atoms with Crippen LogP contribution in [0.3, 0.4) is 0 Å². The summed E-state index contributed by atoms with van der Waals surface area (Å²) in [6.07, 6.45) is -0.244. The Morgan fingerprint density at radius 1 is 0.815 bits per heavy atom. The number of halogens is 3. The van der Waals surface area contributed by atoms with Crippen LogP contribution in [0.2, 0.25) is 15.1 Å². The van der Waals surface area contributed by atoms with E-state index in [2.05, 4.69) is 10.6 Å². The molecule has 2 N–H and O–H groups in total. The number of hydrogen-bond acceptors (Lipinski definition) is 4. The average molecular weight is 430 g/mol. The molecule has 2 amide bonds. The number of anilines is 2. The molecule has 0 aromatic heterocycles. The van der Waals surface area contributed by atoms with Crippen molar-refractivity contribution in [1.82, 2.24) is 0 Å². The van der Waals surface area contributed by atoms with Crippen LogP contribution in [0.15, 0.2) is 42.5 Å². The lowest BCUT2D eigenvalue weighted by Crippen LogP contribution is -2.21. The molecule has 0 unspecified atom stereocenters. The maximum Gasteiger partial charge on any atom is 0.306 e. The van der Waals surface area contributed by atoms with Crippen molar-refractivity contribution in [3.8, 4) is 0 Å². The normalized spacial score (nSPS) is 10.2. The Kier molecular flexibility index (Phi) is 7.91. The van der Waals surface area contributed by atoms with Crippen LogP contribution in [-0.2, 0) is 19.1 Å². The van der Waals surface area contributed by atoms with Crippen LogP contribution < -0.4 is 10.6 Å². The summed E-state index contributed by atoms with van der Waals surface area (Å²) in [6, 6.07) is 11.2. The number of carbonyl (C=O) groups is 3. The molecular formula is C18H15Cl3N2O4. The molecule has 0 radical (unpaired) electrons. The van der Waals surface area contributed by atoms with Crippen LogP contribution >= 0.6 is 34.8 Å². The fourth-order valence-electron chi connectivity index (χ4n) is 1.99. The van der Waals surface area contributed by atoms with Gasteiger partial charge in [-0.2, -0.15) is 0 Å². The average Bonchev–Trinajstić information content (AvgIpc) is 2.61. The summed E-state index contributed by atoms with van der Waals surface area (Å²) in [5.74, 6) is -1.57. The number of rotatable bonds is 7. The summed E-state index contributed by atoms with van der Waals surface area (Å²) in [4.78, 5) is 35.2. The number of amides is 2. The summed E-state index contributed by atoms with van der Waals surface area (Å²) in [6.45, 7) is -0.477. The molecule has 9 heteroatoms. The van der Waals surface area contributed by atoms with E-state index in [1.54, 1.807) is 30.3 Å². The minimum atomic E-state index is -0.666. The van der Waals surface area contributed by atoms with E-state index in [0.29, 0.717) is 21.4 Å². The maximum absolute atomic E-state index is 11.8. The molecule has 0 spiro atoms. The van der Waals surface area contributed by atoms with Crippen LogP contribution in [0.5, 0.6) is 0 Å². The van der Waals surface area contributed by atoms with Gasteiger partial charge in [-0.25, -0.2) is 0 Å².